The van der Waals surface area contributed by atoms with Crippen molar-refractivity contribution in [1.82, 2.24) is 10.6 Å². The summed E-state index contributed by atoms with van der Waals surface area (Å²) in [6, 6.07) is 6.23. The third kappa shape index (κ3) is 3.57. The summed E-state index contributed by atoms with van der Waals surface area (Å²) in [7, 11) is 0. The number of amides is 1. The van der Waals surface area contributed by atoms with Crippen molar-refractivity contribution in [2.45, 2.75) is 39.7 Å². The number of benzene rings is 1. The average Bonchev–Trinajstić information content (AvgIpc) is 2.39. The number of rotatable bonds is 3. The lowest BCUT2D eigenvalue weighted by Gasteiger charge is -2.29. The van der Waals surface area contributed by atoms with E-state index in [-0.39, 0.29) is 11.9 Å². The van der Waals surface area contributed by atoms with E-state index in [1.165, 1.54) is 5.56 Å². The number of carbonyl (C=O) groups excluding carboxylic acids is 1. The minimum Gasteiger partial charge on any atom is -0.349 e. The van der Waals surface area contributed by atoms with E-state index in [9.17, 15) is 4.79 Å². The van der Waals surface area contributed by atoms with Crippen molar-refractivity contribution in [2.24, 2.45) is 5.92 Å². The molecule has 0 bridgehead atoms. The van der Waals surface area contributed by atoms with E-state index in [4.69, 9.17) is 0 Å². The molecule has 1 unspecified atom stereocenters. The van der Waals surface area contributed by atoms with Gasteiger partial charge in [0.25, 0.3) is 5.91 Å². The molecule has 1 aliphatic heterocycles. The molecule has 0 radical (unpaired) electrons. The molecule has 0 aliphatic carbocycles. The molecular weight excluding hydrogens is 236 g/mol. The van der Waals surface area contributed by atoms with Gasteiger partial charge in [0, 0.05) is 11.6 Å². The molecule has 1 aromatic carbocycles. The van der Waals surface area contributed by atoms with Crippen molar-refractivity contribution in [3.8, 4) is 0 Å². The monoisotopic (exact) mass is 260 g/mol. The van der Waals surface area contributed by atoms with E-state index >= 15 is 0 Å². The molecule has 1 saturated heterocycles. The summed E-state index contributed by atoms with van der Waals surface area (Å²) in [5.41, 5.74) is 3.04. The van der Waals surface area contributed by atoms with E-state index in [0.717, 1.165) is 37.1 Å². The van der Waals surface area contributed by atoms with Crippen LogP contribution in [0.5, 0.6) is 0 Å². The predicted octanol–water partition coefficient (Wildman–Crippen LogP) is 2.42. The summed E-state index contributed by atoms with van der Waals surface area (Å²) in [6.45, 7) is 8.30. The fourth-order valence-electron chi connectivity index (χ4n) is 2.81. The van der Waals surface area contributed by atoms with Crippen LogP contribution in [-0.2, 0) is 0 Å². The van der Waals surface area contributed by atoms with Gasteiger partial charge in [0.05, 0.1) is 0 Å². The Labute approximate surface area is 115 Å². The predicted molar refractivity (Wildman–Crippen MR) is 78.4 cm³/mol. The molecule has 1 amide bonds. The Hall–Kier alpha value is -1.35. The van der Waals surface area contributed by atoms with E-state index in [1.807, 2.05) is 26.0 Å². The van der Waals surface area contributed by atoms with Gasteiger partial charge in [-0.05, 0) is 64.3 Å². The molecule has 104 valence electrons. The van der Waals surface area contributed by atoms with Gasteiger partial charge < -0.3 is 10.6 Å². The van der Waals surface area contributed by atoms with Crippen LogP contribution in [-0.4, -0.2) is 25.0 Å². The first kappa shape index (κ1) is 14.1. The summed E-state index contributed by atoms with van der Waals surface area (Å²) in [5, 5.41) is 6.52. The highest BCUT2D eigenvalue weighted by Gasteiger charge is 2.22. The van der Waals surface area contributed by atoms with Crippen LogP contribution in [0.1, 0.15) is 41.3 Å². The molecule has 1 heterocycles. The van der Waals surface area contributed by atoms with Crippen LogP contribution in [0, 0.1) is 19.8 Å². The van der Waals surface area contributed by atoms with Crippen molar-refractivity contribution in [1.29, 1.82) is 0 Å². The molecule has 2 rings (SSSR count). The van der Waals surface area contributed by atoms with Crippen molar-refractivity contribution < 1.29 is 4.79 Å². The first-order valence-electron chi connectivity index (χ1n) is 7.17. The van der Waals surface area contributed by atoms with E-state index in [1.54, 1.807) is 0 Å². The first-order chi connectivity index (χ1) is 9.08. The fourth-order valence-corrected chi connectivity index (χ4v) is 2.81. The Morgan fingerprint density at radius 1 is 1.32 bits per heavy atom. The van der Waals surface area contributed by atoms with E-state index in [0.29, 0.717) is 5.92 Å². The normalized spacial score (nSPS) is 18.1. The van der Waals surface area contributed by atoms with Crippen LogP contribution in [0.2, 0.25) is 0 Å². The molecule has 0 aromatic heterocycles. The third-order valence-electron chi connectivity index (χ3n) is 4.08. The maximum Gasteiger partial charge on any atom is 0.251 e. The zero-order valence-corrected chi connectivity index (χ0v) is 12.1. The maximum atomic E-state index is 12.3. The number of hydrogen-bond donors (Lipinski definition) is 2. The van der Waals surface area contributed by atoms with Crippen LogP contribution in [0.15, 0.2) is 18.2 Å². The van der Waals surface area contributed by atoms with Gasteiger partial charge in [-0.15, -0.1) is 0 Å². The number of aryl methyl sites for hydroxylation is 2. The lowest BCUT2D eigenvalue weighted by Crippen LogP contribution is -2.42. The first-order valence-corrected chi connectivity index (χ1v) is 7.17. The summed E-state index contributed by atoms with van der Waals surface area (Å²) < 4.78 is 0. The Kier molecular flexibility index (Phi) is 4.59. The van der Waals surface area contributed by atoms with Crippen molar-refractivity contribution >= 4 is 5.91 Å². The van der Waals surface area contributed by atoms with Crippen LogP contribution in [0.25, 0.3) is 0 Å². The van der Waals surface area contributed by atoms with Gasteiger partial charge in [0.15, 0.2) is 0 Å². The Morgan fingerprint density at radius 2 is 2.00 bits per heavy atom. The largest absolute Gasteiger partial charge is 0.349 e. The fraction of sp³-hybridized carbons (Fsp3) is 0.562. The highest BCUT2D eigenvalue weighted by Crippen LogP contribution is 2.17. The van der Waals surface area contributed by atoms with Crippen molar-refractivity contribution in [2.75, 3.05) is 13.1 Å². The number of piperidine rings is 1. The van der Waals surface area contributed by atoms with Gasteiger partial charge in [-0.1, -0.05) is 17.7 Å². The lowest BCUT2D eigenvalue weighted by molar-refractivity contribution is 0.0920. The summed E-state index contributed by atoms with van der Waals surface area (Å²) in [4.78, 5) is 12.3. The molecular formula is C16H24N2O. The smallest absolute Gasteiger partial charge is 0.251 e. The van der Waals surface area contributed by atoms with E-state index < -0.39 is 0 Å². The zero-order chi connectivity index (χ0) is 13.8. The SMILES string of the molecule is Cc1ccc(C(=O)NC(C)C2CCNCC2)c(C)c1. The molecule has 0 spiro atoms. The molecule has 0 saturated carbocycles. The van der Waals surface area contributed by atoms with Gasteiger partial charge >= 0.3 is 0 Å². The van der Waals surface area contributed by atoms with Gasteiger partial charge in [0.2, 0.25) is 0 Å². The second-order valence-corrected chi connectivity index (χ2v) is 5.67. The summed E-state index contributed by atoms with van der Waals surface area (Å²) in [6.07, 6.45) is 2.29. The Bertz CT molecular complexity index is 450. The van der Waals surface area contributed by atoms with Crippen molar-refractivity contribution in [3.63, 3.8) is 0 Å². The minimum absolute atomic E-state index is 0.0588. The highest BCUT2D eigenvalue weighted by molar-refractivity contribution is 5.95. The summed E-state index contributed by atoms with van der Waals surface area (Å²) in [5.74, 6) is 0.652. The maximum absolute atomic E-state index is 12.3. The molecule has 1 atom stereocenters. The van der Waals surface area contributed by atoms with Crippen molar-refractivity contribution in [3.05, 3.63) is 34.9 Å². The zero-order valence-electron chi connectivity index (χ0n) is 12.1. The van der Waals surface area contributed by atoms with Crippen LogP contribution < -0.4 is 10.6 Å². The molecule has 3 nitrogen and oxygen atoms in total. The number of carbonyl (C=O) groups is 1. The topological polar surface area (TPSA) is 41.1 Å². The van der Waals surface area contributed by atoms with Crippen LogP contribution in [0.4, 0.5) is 0 Å². The van der Waals surface area contributed by atoms with Crippen LogP contribution >= 0.6 is 0 Å². The van der Waals surface area contributed by atoms with Crippen LogP contribution in [0.3, 0.4) is 0 Å². The lowest BCUT2D eigenvalue weighted by atomic mass is 9.91. The average molecular weight is 260 g/mol. The molecule has 3 heteroatoms. The molecule has 2 N–H and O–H groups in total. The summed E-state index contributed by atoms with van der Waals surface area (Å²) >= 11 is 0. The quantitative estimate of drug-likeness (QED) is 0.876. The third-order valence-corrected chi connectivity index (χ3v) is 4.08. The minimum atomic E-state index is 0.0588. The molecule has 19 heavy (non-hydrogen) atoms. The Balaban J connectivity index is 1.99. The van der Waals surface area contributed by atoms with Gasteiger partial charge in [-0.25, -0.2) is 0 Å². The second kappa shape index (κ2) is 6.20. The van der Waals surface area contributed by atoms with Gasteiger partial charge in [0.1, 0.15) is 0 Å². The second-order valence-electron chi connectivity index (χ2n) is 5.67. The van der Waals surface area contributed by atoms with Gasteiger partial charge in [-0.2, -0.15) is 0 Å². The van der Waals surface area contributed by atoms with E-state index in [2.05, 4.69) is 23.6 Å². The molecule has 1 aliphatic rings. The molecule has 1 fully saturated rings. The van der Waals surface area contributed by atoms with Gasteiger partial charge in [-0.3, -0.25) is 4.79 Å². The highest BCUT2D eigenvalue weighted by atomic mass is 16.1. The molecule has 1 aromatic rings. The standard InChI is InChI=1S/C16H24N2O/c1-11-4-5-15(12(2)10-11)16(19)18-13(3)14-6-8-17-9-7-14/h4-5,10,13-14,17H,6-9H2,1-3H3,(H,18,19). The Morgan fingerprint density at radius 3 is 2.63 bits per heavy atom. The number of nitrogens with one attached hydrogen (secondary N) is 2. The number of hydrogen-bond acceptors (Lipinski definition) is 2.